The maximum Gasteiger partial charge on any atom is 0.341 e. The first-order chi connectivity index (χ1) is 13.3. The lowest BCUT2D eigenvalue weighted by Crippen LogP contribution is -2.42. The topological polar surface area (TPSA) is 73.9 Å². The van der Waals surface area contributed by atoms with Crippen LogP contribution in [0.1, 0.15) is 70.7 Å². The van der Waals surface area contributed by atoms with Gasteiger partial charge in [-0.2, -0.15) is 0 Å². The van der Waals surface area contributed by atoms with Crippen molar-refractivity contribution >= 4 is 17.6 Å². The summed E-state index contributed by atoms with van der Waals surface area (Å²) in [6.45, 7) is 10.8. The summed E-state index contributed by atoms with van der Waals surface area (Å²) < 4.78 is 16.3. The van der Waals surface area contributed by atoms with E-state index in [1.165, 1.54) is 7.11 Å². The number of unbranched alkanes of at least 4 members (excludes halogenated alkanes) is 2. The number of ether oxygens (including phenoxy) is 3. The highest BCUT2D eigenvalue weighted by molar-refractivity contribution is 5.99. The van der Waals surface area contributed by atoms with Gasteiger partial charge >= 0.3 is 5.97 Å². The molecule has 0 radical (unpaired) electrons. The minimum Gasteiger partial charge on any atom is -0.492 e. The van der Waals surface area contributed by atoms with E-state index in [2.05, 4.69) is 12.2 Å². The van der Waals surface area contributed by atoms with Gasteiger partial charge in [0.2, 0.25) is 0 Å². The second-order valence-corrected chi connectivity index (χ2v) is 7.48. The molecule has 0 unspecified atom stereocenters. The number of anilines is 1. The SMILES string of the molecule is CCCCC[C@@](C)(OCC)C(=O)Nc1ccc(OCC(C)C)c(C(=O)OC)c1. The van der Waals surface area contributed by atoms with Gasteiger partial charge in [0.1, 0.15) is 16.9 Å². The van der Waals surface area contributed by atoms with Crippen LogP contribution in [-0.2, 0) is 14.3 Å². The van der Waals surface area contributed by atoms with E-state index in [1.54, 1.807) is 18.2 Å². The molecule has 0 aromatic heterocycles. The second kappa shape index (κ2) is 11.7. The molecule has 6 heteroatoms. The number of carbonyl (C=O) groups is 2. The predicted octanol–water partition coefficient (Wildman–Crippen LogP) is 4.82. The third-order valence-corrected chi connectivity index (χ3v) is 4.42. The van der Waals surface area contributed by atoms with Crippen molar-refractivity contribution in [2.45, 2.75) is 65.9 Å². The second-order valence-electron chi connectivity index (χ2n) is 7.48. The Labute approximate surface area is 168 Å². The molecule has 1 atom stereocenters. The van der Waals surface area contributed by atoms with Crippen LogP contribution in [0.15, 0.2) is 18.2 Å². The Morgan fingerprint density at radius 3 is 2.46 bits per heavy atom. The summed E-state index contributed by atoms with van der Waals surface area (Å²) in [6.07, 6.45) is 3.67. The third-order valence-electron chi connectivity index (χ3n) is 4.42. The molecule has 158 valence electrons. The van der Waals surface area contributed by atoms with Crippen molar-refractivity contribution in [2.75, 3.05) is 25.6 Å². The van der Waals surface area contributed by atoms with Crippen molar-refractivity contribution in [1.82, 2.24) is 0 Å². The highest BCUT2D eigenvalue weighted by Crippen LogP contribution is 2.27. The number of hydrogen-bond acceptors (Lipinski definition) is 5. The van der Waals surface area contributed by atoms with E-state index in [0.717, 1.165) is 19.3 Å². The van der Waals surface area contributed by atoms with Crippen LogP contribution in [0.4, 0.5) is 5.69 Å². The van der Waals surface area contributed by atoms with Crippen LogP contribution in [0.25, 0.3) is 0 Å². The van der Waals surface area contributed by atoms with Gasteiger partial charge in [0.15, 0.2) is 0 Å². The van der Waals surface area contributed by atoms with Crippen LogP contribution < -0.4 is 10.1 Å². The summed E-state index contributed by atoms with van der Waals surface area (Å²) in [5.41, 5.74) is -0.129. The summed E-state index contributed by atoms with van der Waals surface area (Å²) in [5, 5.41) is 2.88. The predicted molar refractivity (Wildman–Crippen MR) is 111 cm³/mol. The highest BCUT2D eigenvalue weighted by Gasteiger charge is 2.33. The van der Waals surface area contributed by atoms with Gasteiger partial charge in [0, 0.05) is 12.3 Å². The Hall–Kier alpha value is -2.08. The maximum absolute atomic E-state index is 12.9. The molecule has 0 saturated carbocycles. The Balaban J connectivity index is 3.01. The number of rotatable bonds is 12. The molecule has 0 aliphatic carbocycles. The molecular weight excluding hydrogens is 358 g/mol. The van der Waals surface area contributed by atoms with Crippen LogP contribution in [0, 0.1) is 5.92 Å². The molecule has 0 bridgehead atoms. The van der Waals surface area contributed by atoms with Crippen molar-refractivity contribution in [3.8, 4) is 5.75 Å². The largest absolute Gasteiger partial charge is 0.492 e. The van der Waals surface area contributed by atoms with Crippen molar-refractivity contribution in [3.05, 3.63) is 23.8 Å². The van der Waals surface area contributed by atoms with E-state index < -0.39 is 11.6 Å². The van der Waals surface area contributed by atoms with Gasteiger partial charge in [-0.3, -0.25) is 4.79 Å². The lowest BCUT2D eigenvalue weighted by Gasteiger charge is -2.28. The summed E-state index contributed by atoms with van der Waals surface area (Å²) in [5.74, 6) is 0.0245. The molecule has 0 saturated heterocycles. The molecule has 1 aromatic rings. The Morgan fingerprint density at radius 1 is 1.18 bits per heavy atom. The van der Waals surface area contributed by atoms with E-state index in [-0.39, 0.29) is 11.5 Å². The molecule has 28 heavy (non-hydrogen) atoms. The summed E-state index contributed by atoms with van der Waals surface area (Å²) >= 11 is 0. The van der Waals surface area contributed by atoms with Crippen LogP contribution in [-0.4, -0.2) is 37.8 Å². The minimum absolute atomic E-state index is 0.225. The van der Waals surface area contributed by atoms with Gasteiger partial charge in [0.05, 0.1) is 13.7 Å². The fraction of sp³-hybridized carbons (Fsp3) is 0.636. The fourth-order valence-electron chi connectivity index (χ4n) is 2.80. The van der Waals surface area contributed by atoms with Gasteiger partial charge in [-0.15, -0.1) is 0 Å². The number of esters is 1. The average molecular weight is 394 g/mol. The van der Waals surface area contributed by atoms with E-state index in [0.29, 0.717) is 37.0 Å². The van der Waals surface area contributed by atoms with Gasteiger partial charge in [-0.25, -0.2) is 4.79 Å². The lowest BCUT2D eigenvalue weighted by atomic mass is 9.96. The third kappa shape index (κ3) is 7.15. The number of carbonyl (C=O) groups excluding carboxylic acids is 2. The standard InChI is InChI=1S/C22H35NO5/c1-7-9-10-13-22(5,28-8-2)21(25)23-17-11-12-19(27-15-16(3)4)18(14-17)20(24)26-6/h11-12,14,16H,7-10,13,15H2,1-6H3,(H,23,25)/t22-/m1/s1. The normalized spacial score (nSPS) is 13.1. The molecule has 0 fully saturated rings. The average Bonchev–Trinajstić information content (AvgIpc) is 2.66. The Bertz CT molecular complexity index is 644. The smallest absolute Gasteiger partial charge is 0.341 e. The van der Waals surface area contributed by atoms with Gasteiger partial charge in [-0.1, -0.05) is 40.0 Å². The molecule has 1 N–H and O–H groups in total. The first kappa shape index (κ1) is 24.0. The quantitative estimate of drug-likeness (QED) is 0.407. The summed E-state index contributed by atoms with van der Waals surface area (Å²) in [7, 11) is 1.32. The summed E-state index contributed by atoms with van der Waals surface area (Å²) in [6, 6.07) is 4.98. The van der Waals surface area contributed by atoms with Crippen LogP contribution in [0.3, 0.4) is 0 Å². The number of amides is 1. The molecule has 6 nitrogen and oxygen atoms in total. The minimum atomic E-state index is -0.915. The Morgan fingerprint density at radius 2 is 1.89 bits per heavy atom. The van der Waals surface area contributed by atoms with Crippen molar-refractivity contribution in [3.63, 3.8) is 0 Å². The molecule has 0 aliphatic heterocycles. The van der Waals surface area contributed by atoms with E-state index >= 15 is 0 Å². The highest BCUT2D eigenvalue weighted by atomic mass is 16.5. The number of hydrogen-bond donors (Lipinski definition) is 1. The van der Waals surface area contributed by atoms with Gasteiger partial charge < -0.3 is 19.5 Å². The molecule has 0 heterocycles. The van der Waals surface area contributed by atoms with Crippen LogP contribution in [0.5, 0.6) is 5.75 Å². The van der Waals surface area contributed by atoms with Crippen LogP contribution >= 0.6 is 0 Å². The summed E-state index contributed by atoms with van der Waals surface area (Å²) in [4.78, 5) is 25.0. The zero-order valence-corrected chi connectivity index (χ0v) is 18.1. The first-order valence-corrected chi connectivity index (χ1v) is 10.1. The molecule has 1 aromatic carbocycles. The zero-order valence-electron chi connectivity index (χ0n) is 18.1. The van der Waals surface area contributed by atoms with E-state index in [9.17, 15) is 9.59 Å². The molecule has 1 amide bonds. The van der Waals surface area contributed by atoms with Gasteiger partial charge in [0.25, 0.3) is 5.91 Å². The van der Waals surface area contributed by atoms with E-state index in [1.807, 2.05) is 27.7 Å². The van der Waals surface area contributed by atoms with E-state index in [4.69, 9.17) is 14.2 Å². The fourth-order valence-corrected chi connectivity index (χ4v) is 2.80. The number of methoxy groups -OCH3 is 1. The lowest BCUT2D eigenvalue weighted by molar-refractivity contribution is -0.139. The van der Waals surface area contributed by atoms with Crippen molar-refractivity contribution < 1.29 is 23.8 Å². The van der Waals surface area contributed by atoms with Crippen LogP contribution in [0.2, 0.25) is 0 Å². The van der Waals surface area contributed by atoms with Crippen molar-refractivity contribution in [2.24, 2.45) is 5.92 Å². The molecular formula is C22H35NO5. The van der Waals surface area contributed by atoms with Crippen molar-refractivity contribution in [1.29, 1.82) is 0 Å². The Kier molecular flexibility index (Phi) is 10.0. The molecule has 0 aliphatic rings. The van der Waals surface area contributed by atoms with Gasteiger partial charge in [-0.05, 0) is 44.4 Å². The number of nitrogens with one attached hydrogen (secondary N) is 1. The number of benzene rings is 1. The zero-order chi connectivity index (χ0) is 21.2. The maximum atomic E-state index is 12.9. The molecule has 1 rings (SSSR count). The molecule has 0 spiro atoms. The first-order valence-electron chi connectivity index (χ1n) is 10.1. The monoisotopic (exact) mass is 393 g/mol.